The van der Waals surface area contributed by atoms with Crippen molar-refractivity contribution in [2.24, 2.45) is 5.92 Å². The van der Waals surface area contributed by atoms with Gasteiger partial charge < -0.3 is 10.2 Å². The Balaban J connectivity index is 2.05. The first-order valence-corrected chi connectivity index (χ1v) is 14.5. The molecule has 11 heteroatoms. The van der Waals surface area contributed by atoms with Gasteiger partial charge in [-0.3, -0.25) is 13.9 Å². The maximum Gasteiger partial charge on any atom is 0.264 e. The first-order valence-electron chi connectivity index (χ1n) is 12.3. The third-order valence-corrected chi connectivity index (χ3v) is 8.46. The number of para-hydroxylation sites is 1. The van der Waals surface area contributed by atoms with Crippen LogP contribution < -0.4 is 9.62 Å². The van der Waals surface area contributed by atoms with Gasteiger partial charge in [0.15, 0.2) is 0 Å². The van der Waals surface area contributed by atoms with Crippen molar-refractivity contribution in [3.05, 3.63) is 94.2 Å². The molecule has 0 spiro atoms. The molecule has 0 saturated carbocycles. The molecule has 0 aromatic heterocycles. The molecule has 39 heavy (non-hydrogen) atoms. The molecule has 0 aliphatic rings. The summed E-state index contributed by atoms with van der Waals surface area (Å²) in [5, 5.41) is 3.34. The quantitative estimate of drug-likeness (QED) is 0.317. The molecular weight excluding hydrogens is 564 g/mol. The second kappa shape index (κ2) is 13.3. The van der Waals surface area contributed by atoms with Crippen molar-refractivity contribution in [2.45, 2.75) is 38.3 Å². The van der Waals surface area contributed by atoms with Gasteiger partial charge in [0.05, 0.1) is 10.6 Å². The molecule has 0 radical (unpaired) electrons. The largest absolute Gasteiger partial charge is 0.354 e. The van der Waals surface area contributed by atoms with E-state index in [1.165, 1.54) is 54.3 Å². The highest BCUT2D eigenvalue weighted by molar-refractivity contribution is 7.92. The van der Waals surface area contributed by atoms with Crippen molar-refractivity contribution in [1.29, 1.82) is 0 Å². The van der Waals surface area contributed by atoms with Gasteiger partial charge in [-0.15, -0.1) is 0 Å². The Kier molecular flexibility index (Phi) is 10.4. The summed E-state index contributed by atoms with van der Waals surface area (Å²) in [5.41, 5.74) is 0.0865. The van der Waals surface area contributed by atoms with Gasteiger partial charge in [0.2, 0.25) is 11.8 Å². The van der Waals surface area contributed by atoms with Crippen LogP contribution in [0.5, 0.6) is 0 Å². The zero-order valence-electron chi connectivity index (χ0n) is 21.8. The van der Waals surface area contributed by atoms with Crippen LogP contribution in [0, 0.1) is 11.7 Å². The Hall–Kier alpha value is -3.14. The Morgan fingerprint density at radius 1 is 0.897 bits per heavy atom. The molecule has 0 unspecified atom stereocenters. The minimum absolute atomic E-state index is 0.121. The lowest BCUT2D eigenvalue weighted by molar-refractivity contribution is -0.139. The molecule has 3 aromatic rings. The molecule has 3 rings (SSSR count). The molecule has 1 atom stereocenters. The summed E-state index contributed by atoms with van der Waals surface area (Å²) in [4.78, 5) is 27.9. The summed E-state index contributed by atoms with van der Waals surface area (Å²) in [6, 6.07) is 16.5. The molecule has 0 bridgehead atoms. The molecule has 0 saturated heterocycles. The average Bonchev–Trinajstić information content (AvgIpc) is 2.90. The standard InChI is InChI=1S/C28H30Cl2FN3O4S/c1-19(2)16-32-28(36)20(3)33(17-22-23(29)12-9-13-24(22)30)27(35)18-34(26-15-8-7-14-25(26)31)39(37,38)21-10-5-4-6-11-21/h4-15,19-20H,16-18H2,1-3H3,(H,32,36)/t20-/m1/s1. The third kappa shape index (κ3) is 7.50. The van der Waals surface area contributed by atoms with Crippen LogP contribution in [-0.2, 0) is 26.2 Å². The molecular formula is C28H30Cl2FN3O4S. The average molecular weight is 595 g/mol. The van der Waals surface area contributed by atoms with Gasteiger partial charge in [-0.1, -0.05) is 73.4 Å². The van der Waals surface area contributed by atoms with Crippen molar-refractivity contribution in [3.63, 3.8) is 0 Å². The number of carbonyl (C=O) groups excluding carboxylic acids is 2. The number of amides is 2. The van der Waals surface area contributed by atoms with Crippen LogP contribution in [0.15, 0.2) is 77.7 Å². The van der Waals surface area contributed by atoms with Crippen molar-refractivity contribution in [2.75, 3.05) is 17.4 Å². The van der Waals surface area contributed by atoms with Gasteiger partial charge in [-0.25, -0.2) is 12.8 Å². The summed E-state index contributed by atoms with van der Waals surface area (Å²) in [6.07, 6.45) is 0. The fourth-order valence-corrected chi connectivity index (χ4v) is 5.74. The number of hydrogen-bond donors (Lipinski definition) is 1. The van der Waals surface area contributed by atoms with Gasteiger partial charge >= 0.3 is 0 Å². The van der Waals surface area contributed by atoms with E-state index in [-0.39, 0.29) is 33.1 Å². The molecule has 3 aromatic carbocycles. The summed E-state index contributed by atoms with van der Waals surface area (Å²) in [5.74, 6) is -1.85. The van der Waals surface area contributed by atoms with E-state index >= 15 is 0 Å². The summed E-state index contributed by atoms with van der Waals surface area (Å²) < 4.78 is 42.9. The minimum Gasteiger partial charge on any atom is -0.354 e. The van der Waals surface area contributed by atoms with Crippen molar-refractivity contribution < 1.29 is 22.4 Å². The van der Waals surface area contributed by atoms with Crippen LogP contribution >= 0.6 is 23.2 Å². The van der Waals surface area contributed by atoms with E-state index in [4.69, 9.17) is 23.2 Å². The molecule has 208 valence electrons. The number of nitrogens with one attached hydrogen (secondary N) is 1. The second-order valence-corrected chi connectivity index (χ2v) is 12.0. The smallest absolute Gasteiger partial charge is 0.264 e. The minimum atomic E-state index is -4.37. The molecule has 7 nitrogen and oxygen atoms in total. The highest BCUT2D eigenvalue weighted by Gasteiger charge is 2.34. The highest BCUT2D eigenvalue weighted by Crippen LogP contribution is 2.29. The molecule has 1 N–H and O–H groups in total. The Labute approximate surface area is 238 Å². The van der Waals surface area contributed by atoms with Crippen molar-refractivity contribution in [1.82, 2.24) is 10.2 Å². The molecule has 0 aliphatic carbocycles. The molecule has 0 fully saturated rings. The summed E-state index contributed by atoms with van der Waals surface area (Å²) in [6.45, 7) is 4.81. The number of anilines is 1. The van der Waals surface area contributed by atoms with Crippen LogP contribution in [-0.4, -0.2) is 44.3 Å². The Morgan fingerprint density at radius 2 is 1.49 bits per heavy atom. The first-order chi connectivity index (χ1) is 18.4. The maximum absolute atomic E-state index is 14.9. The van der Waals surface area contributed by atoms with Gasteiger partial charge in [-0.05, 0) is 49.2 Å². The van der Waals surface area contributed by atoms with Crippen molar-refractivity contribution in [3.8, 4) is 0 Å². The van der Waals surface area contributed by atoms with E-state index in [0.29, 0.717) is 16.4 Å². The summed E-state index contributed by atoms with van der Waals surface area (Å²) >= 11 is 12.7. The SMILES string of the molecule is CC(C)CNC(=O)[C@@H](C)N(Cc1c(Cl)cccc1Cl)C(=O)CN(c1ccccc1F)S(=O)(=O)c1ccccc1. The van der Waals surface area contributed by atoms with Crippen LogP contribution in [0.3, 0.4) is 0 Å². The second-order valence-electron chi connectivity index (χ2n) is 9.31. The lowest BCUT2D eigenvalue weighted by Crippen LogP contribution is -2.51. The number of sulfonamides is 1. The maximum atomic E-state index is 14.9. The predicted octanol–water partition coefficient (Wildman–Crippen LogP) is 5.52. The highest BCUT2D eigenvalue weighted by atomic mass is 35.5. The van der Waals surface area contributed by atoms with Crippen LogP contribution in [0.4, 0.5) is 10.1 Å². The van der Waals surface area contributed by atoms with Gasteiger partial charge in [0, 0.05) is 28.7 Å². The fourth-order valence-electron chi connectivity index (χ4n) is 3.78. The predicted molar refractivity (Wildman–Crippen MR) is 152 cm³/mol. The van der Waals surface area contributed by atoms with E-state index in [2.05, 4.69) is 5.32 Å². The monoisotopic (exact) mass is 593 g/mol. The molecule has 2 amide bonds. The van der Waals surface area contributed by atoms with E-state index in [9.17, 15) is 22.4 Å². The number of halogens is 3. The molecule has 0 aliphatic heterocycles. The normalized spacial score (nSPS) is 12.2. The summed E-state index contributed by atoms with van der Waals surface area (Å²) in [7, 11) is -4.37. The van der Waals surface area contributed by atoms with Gasteiger partial charge in [0.1, 0.15) is 18.4 Å². The number of rotatable bonds is 11. The van der Waals surface area contributed by atoms with E-state index in [1.807, 2.05) is 13.8 Å². The number of benzene rings is 3. The first kappa shape index (κ1) is 30.4. The topological polar surface area (TPSA) is 86.8 Å². The fraction of sp³-hybridized carbons (Fsp3) is 0.286. The van der Waals surface area contributed by atoms with Crippen LogP contribution in [0.2, 0.25) is 10.0 Å². The number of carbonyl (C=O) groups is 2. The zero-order valence-corrected chi connectivity index (χ0v) is 24.1. The van der Waals surface area contributed by atoms with E-state index < -0.39 is 40.2 Å². The number of nitrogens with zero attached hydrogens (tertiary/aromatic N) is 2. The Morgan fingerprint density at radius 3 is 2.08 bits per heavy atom. The van der Waals surface area contributed by atoms with Crippen LogP contribution in [0.1, 0.15) is 26.3 Å². The van der Waals surface area contributed by atoms with E-state index in [1.54, 1.807) is 24.3 Å². The zero-order chi connectivity index (χ0) is 28.7. The lowest BCUT2D eigenvalue weighted by atomic mass is 10.1. The lowest BCUT2D eigenvalue weighted by Gasteiger charge is -2.32. The Bertz CT molecular complexity index is 1400. The molecule has 0 heterocycles. The van der Waals surface area contributed by atoms with Crippen molar-refractivity contribution >= 4 is 50.7 Å². The van der Waals surface area contributed by atoms with E-state index in [0.717, 1.165) is 6.07 Å². The van der Waals surface area contributed by atoms with Gasteiger partial charge in [-0.2, -0.15) is 0 Å². The van der Waals surface area contributed by atoms with Crippen LogP contribution in [0.25, 0.3) is 0 Å². The van der Waals surface area contributed by atoms with Gasteiger partial charge in [0.25, 0.3) is 10.0 Å². The number of hydrogen-bond acceptors (Lipinski definition) is 4. The third-order valence-electron chi connectivity index (χ3n) is 5.97.